The van der Waals surface area contributed by atoms with Gasteiger partial charge in [-0.25, -0.2) is 0 Å². The van der Waals surface area contributed by atoms with E-state index in [-0.39, 0.29) is 11.3 Å². The molecule has 1 spiro atoms. The van der Waals surface area contributed by atoms with Crippen molar-refractivity contribution in [2.45, 2.75) is 69.5 Å². The lowest BCUT2D eigenvalue weighted by Gasteiger charge is -2.44. The number of amides is 1. The van der Waals surface area contributed by atoms with Crippen LogP contribution < -0.4 is 14.4 Å². The first-order chi connectivity index (χ1) is 18.8. The number of nitrogens with zero attached hydrogens (tertiary/aromatic N) is 1. The zero-order chi connectivity index (χ0) is 27.1. The molecule has 208 valence electrons. The maximum atomic E-state index is 13.4. The number of carbonyl (C=O) groups is 1. The Bertz CT molecular complexity index is 1310. The largest absolute Gasteiger partial charge is 0.490 e. The number of anilines is 1. The predicted molar refractivity (Wildman–Crippen MR) is 166 cm³/mol. The summed E-state index contributed by atoms with van der Waals surface area (Å²) in [5.41, 5.74) is 4.39. The van der Waals surface area contributed by atoms with Gasteiger partial charge in [-0.2, -0.15) is 0 Å². The summed E-state index contributed by atoms with van der Waals surface area (Å²) in [7, 11) is -0.459. The Morgan fingerprint density at radius 3 is 2.74 bits per heavy atom. The van der Waals surface area contributed by atoms with Gasteiger partial charge in [-0.15, -0.1) is 0 Å². The number of aryl methyl sites for hydroxylation is 1. The van der Waals surface area contributed by atoms with Gasteiger partial charge >= 0.3 is 0 Å². The normalized spacial score (nSPS) is 33.6. The van der Waals surface area contributed by atoms with E-state index in [0.29, 0.717) is 29.3 Å². The number of nitrogens with one attached hydrogen (secondary N) is 1. The summed E-state index contributed by atoms with van der Waals surface area (Å²) >= 11 is 6.42. The van der Waals surface area contributed by atoms with Crippen LogP contribution >= 0.6 is 22.3 Å². The average molecular weight is 565 g/mol. The molecule has 2 heterocycles. The molecule has 4 nitrogen and oxygen atoms in total. The van der Waals surface area contributed by atoms with Crippen LogP contribution in [0.4, 0.5) is 5.69 Å². The van der Waals surface area contributed by atoms with E-state index in [1.54, 1.807) is 0 Å². The molecule has 39 heavy (non-hydrogen) atoms. The van der Waals surface area contributed by atoms with Crippen molar-refractivity contribution in [3.63, 3.8) is 0 Å². The zero-order valence-corrected chi connectivity index (χ0v) is 24.8. The fourth-order valence-corrected chi connectivity index (χ4v) is 8.46. The van der Waals surface area contributed by atoms with Gasteiger partial charge in [-0.3, -0.25) is 4.79 Å². The summed E-state index contributed by atoms with van der Waals surface area (Å²) < 4.78 is 9.85. The Morgan fingerprint density at radius 1 is 1.10 bits per heavy atom. The van der Waals surface area contributed by atoms with Gasteiger partial charge in [0.05, 0.1) is 12.3 Å². The van der Waals surface area contributed by atoms with E-state index in [4.69, 9.17) is 16.3 Å². The first kappa shape index (κ1) is 27.0. The minimum atomic E-state index is -0.459. The van der Waals surface area contributed by atoms with Gasteiger partial charge in [0.25, 0.3) is 5.91 Å². The molecule has 1 saturated carbocycles. The monoisotopic (exact) mass is 564 g/mol. The second kappa shape index (κ2) is 11.0. The van der Waals surface area contributed by atoms with Crippen molar-refractivity contribution in [3.05, 3.63) is 70.3 Å². The standard InChI is InChI=1S/C33H41ClN2O2S/c1-22-7-4-5-8-24-10-11-27(24)19-36-20-33(16-6-9-25-17-28(34)13-14-29(25)33)21-38-31-15-12-26(18-30(31)36)32(37)35-39(3)23(22)2/h4-5,12-15,17-18,22-24,27H,3,6-11,16,19-21H2,1-2H3,(H,35,37)/b5-4-. The number of hydrogen-bond donors (Lipinski definition) is 1. The number of halogens is 1. The Labute approximate surface area is 241 Å². The molecule has 0 saturated heterocycles. The van der Waals surface area contributed by atoms with Crippen LogP contribution in [0.15, 0.2) is 48.6 Å². The molecule has 1 fully saturated rings. The first-order valence-corrected chi connectivity index (χ1v) is 16.5. The molecule has 1 amide bonds. The molecule has 4 aliphatic rings. The lowest BCUT2D eigenvalue weighted by molar-refractivity contribution is 0.0984. The molecule has 2 bridgehead atoms. The Kier molecular flexibility index (Phi) is 7.58. The number of rotatable bonds is 0. The highest BCUT2D eigenvalue weighted by molar-refractivity contribution is 8.13. The van der Waals surface area contributed by atoms with Gasteiger partial charge in [0, 0.05) is 34.3 Å². The lowest BCUT2D eigenvalue weighted by Crippen LogP contribution is -2.48. The molecule has 6 unspecified atom stereocenters. The van der Waals surface area contributed by atoms with E-state index in [1.807, 2.05) is 18.2 Å². The van der Waals surface area contributed by atoms with Crippen LogP contribution in [-0.2, 0) is 11.8 Å². The molecular weight excluding hydrogens is 524 g/mol. The summed E-state index contributed by atoms with van der Waals surface area (Å²) in [5, 5.41) is 1.12. The second-order valence-electron chi connectivity index (χ2n) is 12.4. The fraction of sp³-hybridized carbons (Fsp3) is 0.515. The molecule has 0 aromatic heterocycles. The van der Waals surface area contributed by atoms with E-state index in [9.17, 15) is 4.79 Å². The van der Waals surface area contributed by atoms with Crippen molar-refractivity contribution in [2.24, 2.45) is 17.8 Å². The third-order valence-electron chi connectivity index (χ3n) is 9.92. The van der Waals surface area contributed by atoms with E-state index in [0.717, 1.165) is 67.6 Å². The molecule has 2 aliphatic heterocycles. The summed E-state index contributed by atoms with van der Waals surface area (Å²) in [6.07, 6.45) is 12.8. The molecule has 6 atom stereocenters. The van der Waals surface area contributed by atoms with Crippen LogP contribution in [0, 0.1) is 17.8 Å². The van der Waals surface area contributed by atoms with E-state index >= 15 is 0 Å². The molecule has 6 heteroatoms. The third kappa shape index (κ3) is 5.29. The topological polar surface area (TPSA) is 41.6 Å². The highest BCUT2D eigenvalue weighted by atomic mass is 35.5. The van der Waals surface area contributed by atoms with E-state index < -0.39 is 10.7 Å². The minimum Gasteiger partial charge on any atom is -0.490 e. The van der Waals surface area contributed by atoms with Gasteiger partial charge in [-0.05, 0) is 104 Å². The maximum Gasteiger partial charge on any atom is 0.260 e. The van der Waals surface area contributed by atoms with Crippen molar-refractivity contribution in [1.82, 2.24) is 4.72 Å². The van der Waals surface area contributed by atoms with Crippen molar-refractivity contribution < 1.29 is 9.53 Å². The van der Waals surface area contributed by atoms with Crippen LogP contribution in [0.2, 0.25) is 5.02 Å². The van der Waals surface area contributed by atoms with Crippen LogP contribution in [0.3, 0.4) is 0 Å². The van der Waals surface area contributed by atoms with E-state index in [2.05, 4.69) is 59.7 Å². The fourth-order valence-electron chi connectivity index (χ4n) is 7.05. The van der Waals surface area contributed by atoms with Gasteiger partial charge < -0.3 is 14.4 Å². The number of fused-ring (bicyclic) bond motifs is 4. The van der Waals surface area contributed by atoms with Gasteiger partial charge in [0.1, 0.15) is 5.75 Å². The second-order valence-corrected chi connectivity index (χ2v) is 14.6. The Morgan fingerprint density at radius 2 is 1.92 bits per heavy atom. The van der Waals surface area contributed by atoms with Crippen LogP contribution in [-0.4, -0.2) is 36.7 Å². The SMILES string of the molecule is C=S1NC(=O)c2ccc3c(c2)N(CC2CCC2C/C=C\CC(C)C1C)CC1(CCCc2cc(Cl)ccc21)CO3. The molecular formula is C33H41ClN2O2S. The van der Waals surface area contributed by atoms with Gasteiger partial charge in [0.2, 0.25) is 0 Å². The average Bonchev–Trinajstić information content (AvgIpc) is 3.06. The number of ether oxygens (including phenoxy) is 1. The van der Waals surface area contributed by atoms with Crippen LogP contribution in [0.1, 0.15) is 73.9 Å². The number of benzene rings is 2. The van der Waals surface area contributed by atoms with Crippen LogP contribution in [0.25, 0.3) is 0 Å². The third-order valence-corrected chi connectivity index (χ3v) is 12.0. The van der Waals surface area contributed by atoms with Crippen molar-refractivity contribution in [1.29, 1.82) is 0 Å². The van der Waals surface area contributed by atoms with E-state index in [1.165, 1.54) is 24.0 Å². The Balaban J connectivity index is 1.39. The summed E-state index contributed by atoms with van der Waals surface area (Å²) in [6, 6.07) is 12.4. The number of hydrogen-bond acceptors (Lipinski definition) is 3. The van der Waals surface area contributed by atoms with Crippen LogP contribution in [0.5, 0.6) is 5.75 Å². The summed E-state index contributed by atoms with van der Waals surface area (Å²) in [4.78, 5) is 16.0. The highest BCUT2D eigenvalue weighted by Crippen LogP contribution is 2.46. The Hall–Kier alpha value is -2.24. The smallest absolute Gasteiger partial charge is 0.260 e. The minimum absolute atomic E-state index is 0.0455. The quantitative estimate of drug-likeness (QED) is 0.265. The number of carbonyl (C=O) groups excluding carboxylic acids is 1. The maximum absolute atomic E-state index is 13.4. The lowest BCUT2D eigenvalue weighted by atomic mass is 9.69. The zero-order valence-electron chi connectivity index (χ0n) is 23.3. The van der Waals surface area contributed by atoms with Gasteiger partial charge in [0.15, 0.2) is 0 Å². The van der Waals surface area contributed by atoms with Crippen molar-refractivity contribution in [2.75, 3.05) is 24.6 Å². The predicted octanol–water partition coefficient (Wildman–Crippen LogP) is 7.56. The molecule has 1 N–H and O–H groups in total. The first-order valence-electron chi connectivity index (χ1n) is 14.6. The molecule has 2 aromatic carbocycles. The number of allylic oxidation sites excluding steroid dienone is 2. The molecule has 2 aliphatic carbocycles. The molecule has 6 rings (SSSR count). The molecule has 0 radical (unpaired) electrons. The molecule has 2 aromatic rings. The summed E-state index contributed by atoms with van der Waals surface area (Å²) in [6.45, 7) is 7.02. The van der Waals surface area contributed by atoms with Gasteiger partial charge in [-0.1, -0.05) is 60.2 Å². The highest BCUT2D eigenvalue weighted by Gasteiger charge is 2.43. The summed E-state index contributed by atoms with van der Waals surface area (Å²) in [5.74, 6) is 7.02. The van der Waals surface area contributed by atoms with Crippen molar-refractivity contribution >= 4 is 39.7 Å². The van der Waals surface area contributed by atoms with Crippen molar-refractivity contribution in [3.8, 4) is 5.75 Å².